The minimum Gasteiger partial charge on any atom is -0.317 e. The van der Waals surface area contributed by atoms with Crippen LogP contribution in [0.1, 0.15) is 24.7 Å². The van der Waals surface area contributed by atoms with Gasteiger partial charge in [0, 0.05) is 31.5 Å². The zero-order valence-electron chi connectivity index (χ0n) is 10.9. The van der Waals surface area contributed by atoms with Crippen LogP contribution in [0.15, 0.2) is 12.3 Å². The van der Waals surface area contributed by atoms with Crippen LogP contribution in [0.4, 0.5) is 11.8 Å². The molecule has 92 valence electrons. The smallest absolute Gasteiger partial charge is 0.208 e. The van der Waals surface area contributed by atoms with E-state index in [0.29, 0.717) is 0 Å². The Labute approximate surface area is 101 Å². The van der Waals surface area contributed by atoms with Crippen molar-refractivity contribution >= 4 is 11.8 Å². The monoisotopic (exact) mass is 233 g/mol. The Kier molecular flexibility index (Phi) is 3.17. The molecule has 0 atom stereocenters. The minimum atomic E-state index is 0.841. The highest BCUT2D eigenvalue weighted by Gasteiger charge is 2.07. The molecule has 2 heterocycles. The molecule has 0 amide bonds. The molecule has 2 aromatic rings. The second kappa shape index (κ2) is 4.61. The fraction of sp³-hybridized carbons (Fsp3) is 0.500. The van der Waals surface area contributed by atoms with Gasteiger partial charge in [-0.1, -0.05) is 6.92 Å². The van der Waals surface area contributed by atoms with E-state index in [9.17, 15) is 0 Å². The van der Waals surface area contributed by atoms with E-state index in [0.717, 1.165) is 36.1 Å². The van der Waals surface area contributed by atoms with Crippen molar-refractivity contribution in [3.05, 3.63) is 23.7 Å². The summed E-state index contributed by atoms with van der Waals surface area (Å²) in [5.74, 6) is 1.70. The van der Waals surface area contributed by atoms with Crippen molar-refractivity contribution in [2.75, 3.05) is 5.32 Å². The first-order chi connectivity index (χ1) is 8.10. The number of imidazole rings is 1. The van der Waals surface area contributed by atoms with E-state index in [1.54, 1.807) is 0 Å². The molecular weight excluding hydrogens is 214 g/mol. The van der Waals surface area contributed by atoms with Gasteiger partial charge in [-0.05, 0) is 20.3 Å². The number of hydrogen-bond acceptors (Lipinski definition) is 3. The standard InChI is InChI=1S/C12H19N5/c1-5-6-17-8-9(2)13-12(17)14-11-7-10(3)16(4)15-11/h7-8H,5-6H2,1-4H3,(H,13,14,15). The maximum atomic E-state index is 4.47. The predicted molar refractivity (Wildman–Crippen MR) is 68.5 cm³/mol. The maximum Gasteiger partial charge on any atom is 0.208 e. The Morgan fingerprint density at radius 3 is 2.71 bits per heavy atom. The van der Waals surface area contributed by atoms with Gasteiger partial charge >= 0.3 is 0 Å². The van der Waals surface area contributed by atoms with E-state index >= 15 is 0 Å². The van der Waals surface area contributed by atoms with Gasteiger partial charge in [-0.25, -0.2) is 4.98 Å². The lowest BCUT2D eigenvalue weighted by molar-refractivity contribution is 0.684. The molecule has 5 heteroatoms. The van der Waals surface area contributed by atoms with Crippen LogP contribution in [0.5, 0.6) is 0 Å². The molecule has 0 unspecified atom stereocenters. The molecule has 0 aromatic carbocycles. The number of rotatable bonds is 4. The number of nitrogens with zero attached hydrogens (tertiary/aromatic N) is 4. The second-order valence-corrected chi connectivity index (χ2v) is 4.32. The highest BCUT2D eigenvalue weighted by Crippen LogP contribution is 2.16. The topological polar surface area (TPSA) is 47.7 Å². The van der Waals surface area contributed by atoms with Crippen LogP contribution in [-0.2, 0) is 13.6 Å². The second-order valence-electron chi connectivity index (χ2n) is 4.32. The summed E-state index contributed by atoms with van der Waals surface area (Å²) in [6, 6.07) is 2.01. The summed E-state index contributed by atoms with van der Waals surface area (Å²) in [5.41, 5.74) is 2.14. The number of aryl methyl sites for hydroxylation is 4. The summed E-state index contributed by atoms with van der Waals surface area (Å²) >= 11 is 0. The third-order valence-corrected chi connectivity index (χ3v) is 2.72. The summed E-state index contributed by atoms with van der Waals surface area (Å²) in [6.07, 6.45) is 3.15. The molecule has 5 nitrogen and oxygen atoms in total. The Hall–Kier alpha value is -1.78. The first kappa shape index (κ1) is 11.7. The largest absolute Gasteiger partial charge is 0.317 e. The number of anilines is 2. The van der Waals surface area contributed by atoms with E-state index < -0.39 is 0 Å². The number of aromatic nitrogens is 4. The van der Waals surface area contributed by atoms with Crippen molar-refractivity contribution in [3.8, 4) is 0 Å². The van der Waals surface area contributed by atoms with Crippen LogP contribution in [0, 0.1) is 13.8 Å². The first-order valence-corrected chi connectivity index (χ1v) is 5.91. The molecule has 1 N–H and O–H groups in total. The van der Waals surface area contributed by atoms with Crippen molar-refractivity contribution in [2.24, 2.45) is 7.05 Å². The highest BCUT2D eigenvalue weighted by atomic mass is 15.3. The molecule has 0 fully saturated rings. The lowest BCUT2D eigenvalue weighted by Crippen LogP contribution is -2.03. The number of nitrogens with one attached hydrogen (secondary N) is 1. The lowest BCUT2D eigenvalue weighted by Gasteiger charge is -2.05. The summed E-state index contributed by atoms with van der Waals surface area (Å²) in [4.78, 5) is 4.47. The van der Waals surface area contributed by atoms with Gasteiger partial charge in [0.1, 0.15) is 0 Å². The molecule has 0 bridgehead atoms. The van der Waals surface area contributed by atoms with Crippen LogP contribution >= 0.6 is 0 Å². The van der Waals surface area contributed by atoms with Crippen LogP contribution < -0.4 is 5.32 Å². The van der Waals surface area contributed by atoms with E-state index in [-0.39, 0.29) is 0 Å². The molecule has 0 saturated heterocycles. The summed E-state index contributed by atoms with van der Waals surface area (Å²) in [5, 5.41) is 7.63. The van der Waals surface area contributed by atoms with E-state index in [1.165, 1.54) is 0 Å². The third-order valence-electron chi connectivity index (χ3n) is 2.72. The minimum absolute atomic E-state index is 0.841. The van der Waals surface area contributed by atoms with E-state index in [1.807, 2.05) is 31.6 Å². The van der Waals surface area contributed by atoms with Gasteiger partial charge in [-0.2, -0.15) is 5.10 Å². The van der Waals surface area contributed by atoms with Gasteiger partial charge in [0.25, 0.3) is 0 Å². The van der Waals surface area contributed by atoms with E-state index in [2.05, 4.69) is 33.1 Å². The molecule has 0 aliphatic heterocycles. The average molecular weight is 233 g/mol. The molecule has 17 heavy (non-hydrogen) atoms. The maximum absolute atomic E-state index is 4.47. The fourth-order valence-electron chi connectivity index (χ4n) is 1.79. The summed E-state index contributed by atoms with van der Waals surface area (Å²) in [7, 11) is 1.93. The van der Waals surface area contributed by atoms with Crippen molar-refractivity contribution in [3.63, 3.8) is 0 Å². The van der Waals surface area contributed by atoms with Gasteiger partial charge in [0.05, 0.1) is 5.69 Å². The van der Waals surface area contributed by atoms with E-state index in [4.69, 9.17) is 0 Å². The van der Waals surface area contributed by atoms with Crippen molar-refractivity contribution < 1.29 is 0 Å². The van der Waals surface area contributed by atoms with Crippen LogP contribution in [0.3, 0.4) is 0 Å². The SMILES string of the molecule is CCCn1cc(C)nc1Nc1cc(C)n(C)n1. The van der Waals surface area contributed by atoms with Gasteiger partial charge in [-0.3, -0.25) is 4.68 Å². The molecule has 0 spiro atoms. The normalized spacial score (nSPS) is 10.8. The van der Waals surface area contributed by atoms with Crippen molar-refractivity contribution in [2.45, 2.75) is 33.7 Å². The fourth-order valence-corrected chi connectivity index (χ4v) is 1.79. The Morgan fingerprint density at radius 1 is 1.35 bits per heavy atom. The molecule has 0 radical (unpaired) electrons. The zero-order valence-corrected chi connectivity index (χ0v) is 10.9. The Morgan fingerprint density at radius 2 is 2.12 bits per heavy atom. The summed E-state index contributed by atoms with van der Waals surface area (Å²) < 4.78 is 3.97. The predicted octanol–water partition coefficient (Wildman–Crippen LogP) is 2.39. The third kappa shape index (κ3) is 2.49. The van der Waals surface area contributed by atoms with Crippen molar-refractivity contribution in [1.29, 1.82) is 0 Å². The lowest BCUT2D eigenvalue weighted by atomic mass is 10.4. The van der Waals surface area contributed by atoms with Gasteiger partial charge in [0.15, 0.2) is 5.82 Å². The van der Waals surface area contributed by atoms with Gasteiger partial charge in [0.2, 0.25) is 5.95 Å². The highest BCUT2D eigenvalue weighted by molar-refractivity contribution is 5.49. The zero-order chi connectivity index (χ0) is 12.4. The molecular formula is C12H19N5. The van der Waals surface area contributed by atoms with Crippen LogP contribution in [0.25, 0.3) is 0 Å². The average Bonchev–Trinajstić information content (AvgIpc) is 2.73. The Balaban J connectivity index is 2.22. The van der Waals surface area contributed by atoms with Crippen LogP contribution in [0.2, 0.25) is 0 Å². The first-order valence-electron chi connectivity index (χ1n) is 5.91. The number of hydrogen-bond donors (Lipinski definition) is 1. The molecule has 0 aliphatic rings. The van der Waals surface area contributed by atoms with Crippen molar-refractivity contribution in [1.82, 2.24) is 19.3 Å². The quantitative estimate of drug-likeness (QED) is 0.882. The van der Waals surface area contributed by atoms with Crippen LogP contribution in [-0.4, -0.2) is 19.3 Å². The Bertz CT molecular complexity index is 489. The molecule has 0 aliphatic carbocycles. The van der Waals surface area contributed by atoms with Gasteiger partial charge in [-0.15, -0.1) is 0 Å². The molecule has 0 saturated carbocycles. The van der Waals surface area contributed by atoms with Gasteiger partial charge < -0.3 is 9.88 Å². The summed E-state index contributed by atoms with van der Waals surface area (Å²) in [6.45, 7) is 7.15. The molecule has 2 aromatic heterocycles. The molecule has 2 rings (SSSR count).